The van der Waals surface area contributed by atoms with Crippen molar-refractivity contribution in [1.29, 1.82) is 0 Å². The number of aliphatic hydroxyl groups is 4. The Balaban J connectivity index is 1.69. The molecule has 2 bridgehead atoms. The highest BCUT2D eigenvalue weighted by atomic mass is 32.2. The van der Waals surface area contributed by atoms with Crippen molar-refractivity contribution < 1.29 is 54.0 Å². The number of para-hydroxylation sites is 1. The van der Waals surface area contributed by atoms with Crippen LogP contribution in [0.4, 0.5) is 0 Å². The van der Waals surface area contributed by atoms with Gasteiger partial charge in [-0.15, -0.1) is 11.8 Å². The van der Waals surface area contributed by atoms with Gasteiger partial charge >= 0.3 is 0 Å². The molecule has 0 unspecified atom stereocenters. The second-order valence-corrected chi connectivity index (χ2v) is 15.6. The number of aromatic nitrogens is 1. The van der Waals surface area contributed by atoms with Crippen molar-refractivity contribution in [2.24, 2.45) is 0 Å². The minimum Gasteiger partial charge on any atom is -0.393 e. The summed E-state index contributed by atoms with van der Waals surface area (Å²) in [6.07, 6.45) is -3.53. The first-order valence-electron chi connectivity index (χ1n) is 17.9. The number of rotatable bonds is 4. The molecule has 10 atom stereocenters. The molecule has 20 heteroatoms. The van der Waals surface area contributed by atoms with Crippen molar-refractivity contribution in [1.82, 2.24) is 41.8 Å². The SMILES string of the molecule is C[C@@H]1NC(=O)[C@H](C[C@@](C)(O)CO)NC(=O)[C@@H]2Cc3c([nH]c4ccccc34)SC[C@H](NC(=O)[C@@H]([C@H](C)O)NC1=O)C(=O)N1C[C@H](O)C[C@H]1C(=O)N[C@@H](C)C(=O)N2. The molecule has 3 aliphatic rings. The van der Waals surface area contributed by atoms with Crippen molar-refractivity contribution in [3.63, 3.8) is 0 Å². The van der Waals surface area contributed by atoms with Gasteiger partial charge < -0.3 is 62.2 Å². The number of aromatic amines is 1. The number of carbonyl (C=O) groups is 7. The topological polar surface area (TPSA) is 292 Å². The van der Waals surface area contributed by atoms with Crippen molar-refractivity contribution >= 4 is 64.0 Å². The lowest BCUT2D eigenvalue weighted by Gasteiger charge is -2.31. The zero-order valence-electron chi connectivity index (χ0n) is 30.8. The lowest BCUT2D eigenvalue weighted by molar-refractivity contribution is -0.142. The summed E-state index contributed by atoms with van der Waals surface area (Å²) in [6, 6.07) is -2.86. The highest BCUT2D eigenvalue weighted by Gasteiger charge is 2.44. The first-order chi connectivity index (χ1) is 25.9. The maximum atomic E-state index is 14.3. The van der Waals surface area contributed by atoms with Crippen LogP contribution in [0.3, 0.4) is 0 Å². The predicted molar refractivity (Wildman–Crippen MR) is 196 cm³/mol. The fraction of sp³-hybridized carbons (Fsp3) is 0.571. The standard InChI is InChI=1S/C35H48N8O11S/c1-15-27(47)38-22-10-20-19-7-5-6-8-21(19)41-33(20)55-13-24(34(53)43-12-18(46)9-25(43)31(51)37-15)40-32(52)26(17(3)45)42-28(48)16(2)36-30(50)23(39-29(22)49)11-35(4,54)14-44/h5-8,15-18,22-26,41,44-46,54H,9-14H2,1-4H3,(H,36,50)(H,37,51)(H,38,47)(H,39,49)(H,40,52)(H,42,48)/t15-,16-,17-,18+,22-,23-,24-,25-,26+,35+/m0/s1. The van der Waals surface area contributed by atoms with E-state index in [0.717, 1.165) is 16.7 Å². The van der Waals surface area contributed by atoms with Crippen LogP contribution in [0.15, 0.2) is 29.3 Å². The molecule has 0 spiro atoms. The second kappa shape index (κ2) is 16.9. The molecule has 1 aromatic carbocycles. The molecule has 5 rings (SSSR count). The first-order valence-corrected chi connectivity index (χ1v) is 18.9. The van der Waals surface area contributed by atoms with E-state index in [1.165, 1.54) is 27.7 Å². The number of amides is 7. The van der Waals surface area contributed by atoms with Crippen LogP contribution < -0.4 is 31.9 Å². The van der Waals surface area contributed by atoms with Gasteiger partial charge in [-0.25, -0.2) is 0 Å². The number of aliphatic hydroxyl groups excluding tert-OH is 3. The van der Waals surface area contributed by atoms with Gasteiger partial charge in [0, 0.05) is 42.5 Å². The molecule has 1 fully saturated rings. The molecular weight excluding hydrogens is 740 g/mol. The Labute approximate surface area is 320 Å². The van der Waals surface area contributed by atoms with Gasteiger partial charge in [0.15, 0.2) is 0 Å². The molecule has 3 aliphatic heterocycles. The van der Waals surface area contributed by atoms with Gasteiger partial charge in [-0.05, 0) is 39.3 Å². The first kappa shape index (κ1) is 41.4. The second-order valence-electron chi connectivity index (χ2n) is 14.6. The number of carbonyl (C=O) groups excluding carboxylic acids is 7. The van der Waals surface area contributed by atoms with Crippen LogP contribution in [0.5, 0.6) is 0 Å². The average molecular weight is 789 g/mol. The Morgan fingerprint density at radius 2 is 1.49 bits per heavy atom. The molecule has 0 aliphatic carbocycles. The fourth-order valence-corrected chi connectivity index (χ4v) is 7.85. The Morgan fingerprint density at radius 1 is 0.855 bits per heavy atom. The maximum Gasteiger partial charge on any atom is 0.246 e. The van der Waals surface area contributed by atoms with Gasteiger partial charge in [-0.1, -0.05) is 18.2 Å². The Bertz CT molecular complexity index is 1840. The van der Waals surface area contributed by atoms with E-state index in [-0.39, 0.29) is 25.1 Å². The summed E-state index contributed by atoms with van der Waals surface area (Å²) in [5.74, 6) is -6.26. The number of thioether (sulfide) groups is 1. The van der Waals surface area contributed by atoms with E-state index in [2.05, 4.69) is 36.9 Å². The third kappa shape index (κ3) is 9.55. The number of nitrogens with zero attached hydrogens (tertiary/aromatic N) is 1. The molecule has 11 N–H and O–H groups in total. The molecule has 1 saturated heterocycles. The van der Waals surface area contributed by atoms with E-state index >= 15 is 0 Å². The highest BCUT2D eigenvalue weighted by Crippen LogP contribution is 2.32. The molecule has 19 nitrogen and oxygen atoms in total. The number of benzene rings is 1. The van der Waals surface area contributed by atoms with Crippen LogP contribution in [0.25, 0.3) is 10.9 Å². The zero-order chi connectivity index (χ0) is 40.4. The largest absolute Gasteiger partial charge is 0.393 e. The summed E-state index contributed by atoms with van der Waals surface area (Å²) < 4.78 is 0. The molecular formula is C35H48N8O11S. The fourth-order valence-electron chi connectivity index (χ4n) is 6.74. The molecule has 0 saturated carbocycles. The summed E-state index contributed by atoms with van der Waals surface area (Å²) in [6.45, 7) is 4.02. The van der Waals surface area contributed by atoms with E-state index in [1.807, 2.05) is 0 Å². The maximum absolute atomic E-state index is 14.3. The summed E-state index contributed by atoms with van der Waals surface area (Å²) in [5.41, 5.74) is -0.741. The van der Waals surface area contributed by atoms with E-state index in [4.69, 9.17) is 0 Å². The van der Waals surface area contributed by atoms with E-state index in [1.54, 1.807) is 24.3 Å². The quantitative estimate of drug-likeness (QED) is 0.143. The van der Waals surface area contributed by atoms with Crippen molar-refractivity contribution in [3.05, 3.63) is 29.8 Å². The molecule has 1 aromatic heterocycles. The van der Waals surface area contributed by atoms with Gasteiger partial charge in [0.2, 0.25) is 41.4 Å². The monoisotopic (exact) mass is 788 g/mol. The van der Waals surface area contributed by atoms with Gasteiger partial charge in [-0.2, -0.15) is 0 Å². The Kier molecular flexibility index (Phi) is 12.8. The van der Waals surface area contributed by atoms with Crippen LogP contribution in [-0.2, 0) is 40.0 Å². The van der Waals surface area contributed by atoms with Gasteiger partial charge in [-0.3, -0.25) is 33.6 Å². The van der Waals surface area contributed by atoms with E-state index in [0.29, 0.717) is 21.5 Å². The average Bonchev–Trinajstić information content (AvgIpc) is 3.69. The molecule has 300 valence electrons. The van der Waals surface area contributed by atoms with Crippen molar-refractivity contribution in [2.75, 3.05) is 18.9 Å². The highest BCUT2D eigenvalue weighted by molar-refractivity contribution is 7.99. The molecule has 4 heterocycles. The number of hydrogen-bond acceptors (Lipinski definition) is 12. The number of nitrogens with one attached hydrogen (secondary N) is 7. The lowest BCUT2D eigenvalue weighted by atomic mass is 9.96. The van der Waals surface area contributed by atoms with Gasteiger partial charge in [0.25, 0.3) is 0 Å². The van der Waals surface area contributed by atoms with Crippen molar-refractivity contribution in [2.45, 2.75) is 112 Å². The summed E-state index contributed by atoms with van der Waals surface area (Å²) in [4.78, 5) is 101. The molecule has 7 amide bonds. The Hall–Kier alpha value is -4.76. The molecule has 2 aromatic rings. The van der Waals surface area contributed by atoms with Crippen LogP contribution in [0.1, 0.15) is 46.1 Å². The van der Waals surface area contributed by atoms with E-state index < -0.39 is 114 Å². The number of fused-ring (bicyclic) bond motifs is 5. The van der Waals surface area contributed by atoms with Crippen LogP contribution in [0.2, 0.25) is 0 Å². The minimum atomic E-state index is -1.90. The number of H-pyrrole nitrogens is 1. The van der Waals surface area contributed by atoms with Gasteiger partial charge in [0.05, 0.1) is 29.4 Å². The van der Waals surface area contributed by atoms with Crippen LogP contribution >= 0.6 is 11.8 Å². The summed E-state index contributed by atoms with van der Waals surface area (Å²) in [7, 11) is 0. The molecule has 55 heavy (non-hydrogen) atoms. The zero-order valence-corrected chi connectivity index (χ0v) is 31.6. The third-order valence-corrected chi connectivity index (χ3v) is 11.0. The number of hydrogen-bond donors (Lipinski definition) is 11. The minimum absolute atomic E-state index is 0.170. The Morgan fingerprint density at radius 3 is 2.16 bits per heavy atom. The summed E-state index contributed by atoms with van der Waals surface area (Å²) in [5, 5.41) is 58.1. The van der Waals surface area contributed by atoms with Crippen LogP contribution in [0, 0.1) is 0 Å². The molecule has 0 radical (unpaired) electrons. The van der Waals surface area contributed by atoms with E-state index in [9.17, 15) is 54.0 Å². The van der Waals surface area contributed by atoms with Gasteiger partial charge in [0.1, 0.15) is 42.3 Å². The van der Waals surface area contributed by atoms with Crippen molar-refractivity contribution in [3.8, 4) is 0 Å². The third-order valence-electron chi connectivity index (χ3n) is 9.87. The summed E-state index contributed by atoms with van der Waals surface area (Å²) >= 11 is 1.08. The predicted octanol–water partition coefficient (Wildman–Crippen LogP) is -3.75. The normalized spacial score (nSPS) is 30.8. The van der Waals surface area contributed by atoms with Crippen LogP contribution in [-0.4, -0.2) is 151 Å². The lowest BCUT2D eigenvalue weighted by Crippen LogP contribution is -2.61. The smallest absolute Gasteiger partial charge is 0.246 e.